The van der Waals surface area contributed by atoms with E-state index in [9.17, 15) is 4.79 Å². The quantitative estimate of drug-likeness (QED) is 0.531. The van der Waals surface area contributed by atoms with Crippen molar-refractivity contribution in [3.63, 3.8) is 0 Å². The smallest absolute Gasteiger partial charge is 0.295 e. The molecule has 0 radical (unpaired) electrons. The third kappa shape index (κ3) is 2.67. The molecule has 0 aliphatic rings. The fourth-order valence-corrected chi connectivity index (χ4v) is 2.76. The summed E-state index contributed by atoms with van der Waals surface area (Å²) in [4.78, 5) is 20.5. The number of fused-ring (bicyclic) bond motifs is 2. The number of rotatable bonds is 3. The molecule has 9 nitrogen and oxygen atoms in total. The summed E-state index contributed by atoms with van der Waals surface area (Å²) in [5.74, 6) is 0.0237. The summed E-state index contributed by atoms with van der Waals surface area (Å²) < 4.78 is 3.20. The number of carbonyl (C=O) groups excluding carboxylic acids is 1. The molecule has 0 aliphatic carbocycles. The van der Waals surface area contributed by atoms with Gasteiger partial charge >= 0.3 is 0 Å². The number of hydrogen-bond donors (Lipinski definition) is 1. The Morgan fingerprint density at radius 1 is 1.00 bits per heavy atom. The van der Waals surface area contributed by atoms with Gasteiger partial charge in [-0.1, -0.05) is 17.3 Å². The number of carbonyl (C=O) groups is 1. The van der Waals surface area contributed by atoms with E-state index < -0.39 is 5.91 Å². The summed E-state index contributed by atoms with van der Waals surface area (Å²) >= 11 is 0. The third-order valence-corrected chi connectivity index (χ3v) is 4.04. The number of nitrogens with zero attached hydrogens (tertiary/aromatic N) is 7. The number of hydrogen-bond acceptors (Lipinski definition) is 6. The van der Waals surface area contributed by atoms with E-state index >= 15 is 0 Å². The Morgan fingerprint density at radius 3 is 2.70 bits per heavy atom. The number of nitrogens with one attached hydrogen (secondary N) is 1. The predicted molar refractivity (Wildman–Crippen MR) is 97.6 cm³/mol. The fourth-order valence-electron chi connectivity index (χ4n) is 2.76. The van der Waals surface area contributed by atoms with E-state index in [1.54, 1.807) is 35.3 Å². The van der Waals surface area contributed by atoms with Crippen molar-refractivity contribution in [3.05, 3.63) is 72.8 Å². The zero-order valence-electron chi connectivity index (χ0n) is 13.9. The summed E-state index contributed by atoms with van der Waals surface area (Å²) in [5.41, 5.74) is 3.20. The SMILES string of the molecule is O=C(Nc1ccc(-n2nnc3ccccc32)cc1)c1nc2ncccn2n1. The van der Waals surface area contributed by atoms with Crippen LogP contribution >= 0.6 is 0 Å². The summed E-state index contributed by atoms with van der Waals surface area (Å²) in [6, 6.07) is 16.7. The average Bonchev–Trinajstić information content (AvgIpc) is 3.33. The molecule has 27 heavy (non-hydrogen) atoms. The molecule has 3 heterocycles. The first-order chi connectivity index (χ1) is 13.3. The van der Waals surface area contributed by atoms with Gasteiger partial charge in [0.1, 0.15) is 5.52 Å². The zero-order valence-corrected chi connectivity index (χ0v) is 13.9. The summed E-state index contributed by atoms with van der Waals surface area (Å²) in [6.07, 6.45) is 3.28. The van der Waals surface area contributed by atoms with E-state index in [1.165, 1.54) is 4.52 Å². The molecule has 0 unspecified atom stereocenters. The maximum absolute atomic E-state index is 12.4. The van der Waals surface area contributed by atoms with E-state index in [0.717, 1.165) is 16.7 Å². The van der Waals surface area contributed by atoms with E-state index in [0.29, 0.717) is 11.5 Å². The van der Waals surface area contributed by atoms with Crippen LogP contribution in [0.4, 0.5) is 5.69 Å². The average molecular weight is 356 g/mol. The number of anilines is 1. The lowest BCUT2D eigenvalue weighted by atomic mass is 10.2. The van der Waals surface area contributed by atoms with Crippen LogP contribution in [0, 0.1) is 0 Å². The summed E-state index contributed by atoms with van der Waals surface area (Å²) in [6.45, 7) is 0. The first-order valence-corrected chi connectivity index (χ1v) is 8.17. The van der Waals surface area contributed by atoms with Gasteiger partial charge in [-0.25, -0.2) is 14.2 Å². The van der Waals surface area contributed by atoms with Crippen LogP contribution in [-0.2, 0) is 0 Å². The molecule has 0 bridgehead atoms. The van der Waals surface area contributed by atoms with E-state index in [-0.39, 0.29) is 5.82 Å². The molecule has 0 atom stereocenters. The van der Waals surface area contributed by atoms with Gasteiger partial charge in [0.15, 0.2) is 0 Å². The van der Waals surface area contributed by atoms with Crippen LogP contribution in [0.5, 0.6) is 0 Å². The monoisotopic (exact) mass is 356 g/mol. The molecule has 1 N–H and O–H groups in total. The molecule has 9 heteroatoms. The second-order valence-electron chi connectivity index (χ2n) is 5.79. The van der Waals surface area contributed by atoms with Crippen molar-refractivity contribution in [1.82, 2.24) is 34.6 Å². The number of aromatic nitrogens is 7. The second-order valence-corrected chi connectivity index (χ2v) is 5.79. The molecule has 1 amide bonds. The highest BCUT2D eigenvalue weighted by atomic mass is 16.2. The Bertz CT molecular complexity index is 1240. The second kappa shape index (κ2) is 5.99. The van der Waals surface area contributed by atoms with Gasteiger partial charge in [-0.05, 0) is 42.5 Å². The van der Waals surface area contributed by atoms with Gasteiger partial charge in [0.2, 0.25) is 5.82 Å². The number of benzene rings is 2. The van der Waals surface area contributed by atoms with Gasteiger partial charge in [0.05, 0.1) is 11.2 Å². The molecule has 5 aromatic rings. The molecule has 0 spiro atoms. The zero-order chi connectivity index (χ0) is 18.2. The van der Waals surface area contributed by atoms with Gasteiger partial charge in [0, 0.05) is 18.1 Å². The van der Waals surface area contributed by atoms with E-state index in [4.69, 9.17) is 0 Å². The van der Waals surface area contributed by atoms with Gasteiger partial charge in [-0.3, -0.25) is 4.79 Å². The minimum absolute atomic E-state index is 0.0556. The molecule has 0 aliphatic heterocycles. The van der Waals surface area contributed by atoms with Crippen molar-refractivity contribution in [3.8, 4) is 5.69 Å². The van der Waals surface area contributed by atoms with Gasteiger partial charge < -0.3 is 5.32 Å². The fraction of sp³-hybridized carbons (Fsp3) is 0. The Morgan fingerprint density at radius 2 is 1.85 bits per heavy atom. The summed E-state index contributed by atoms with van der Waals surface area (Å²) in [7, 11) is 0. The van der Waals surface area contributed by atoms with Crippen molar-refractivity contribution in [2.45, 2.75) is 0 Å². The molecule has 3 aromatic heterocycles. The lowest BCUT2D eigenvalue weighted by Gasteiger charge is -2.05. The highest BCUT2D eigenvalue weighted by Crippen LogP contribution is 2.18. The van der Waals surface area contributed by atoms with Crippen molar-refractivity contribution in [2.24, 2.45) is 0 Å². The van der Waals surface area contributed by atoms with E-state index in [1.807, 2.05) is 36.4 Å². The standard InChI is InChI=1S/C18H12N8O/c27-17(16-21-18-19-10-3-11-25(18)23-16)20-12-6-8-13(9-7-12)26-15-5-2-1-4-14(15)22-24-26/h1-11H,(H,20,27). The third-order valence-electron chi connectivity index (χ3n) is 4.04. The predicted octanol–water partition coefficient (Wildman–Crippen LogP) is 2.11. The van der Waals surface area contributed by atoms with Crippen LogP contribution in [-0.4, -0.2) is 40.5 Å². The first kappa shape index (κ1) is 15.1. The molecule has 0 fully saturated rings. The molecule has 2 aromatic carbocycles. The van der Waals surface area contributed by atoms with Crippen molar-refractivity contribution >= 4 is 28.4 Å². The van der Waals surface area contributed by atoms with Crippen molar-refractivity contribution in [1.29, 1.82) is 0 Å². The Labute approximate surface area is 152 Å². The normalized spacial score (nSPS) is 11.1. The van der Waals surface area contributed by atoms with Crippen molar-refractivity contribution in [2.75, 3.05) is 5.32 Å². The van der Waals surface area contributed by atoms with Crippen LogP contribution < -0.4 is 5.32 Å². The Hall–Kier alpha value is -4.14. The molecule has 130 valence electrons. The lowest BCUT2D eigenvalue weighted by Crippen LogP contribution is -2.14. The molecule has 5 rings (SSSR count). The van der Waals surface area contributed by atoms with Crippen LogP contribution in [0.3, 0.4) is 0 Å². The molecule has 0 saturated heterocycles. The highest BCUT2D eigenvalue weighted by molar-refractivity contribution is 6.01. The van der Waals surface area contributed by atoms with Crippen molar-refractivity contribution < 1.29 is 4.79 Å². The van der Waals surface area contributed by atoms with Crippen LogP contribution in [0.25, 0.3) is 22.5 Å². The summed E-state index contributed by atoms with van der Waals surface area (Å²) in [5, 5.41) is 15.2. The van der Waals surface area contributed by atoms with Gasteiger partial charge in [-0.2, -0.15) is 4.98 Å². The molecular formula is C18H12N8O. The molecule has 0 saturated carbocycles. The maximum atomic E-state index is 12.4. The largest absolute Gasteiger partial charge is 0.319 e. The van der Waals surface area contributed by atoms with Gasteiger partial charge in [0.25, 0.3) is 11.7 Å². The van der Waals surface area contributed by atoms with E-state index in [2.05, 4.69) is 30.7 Å². The van der Waals surface area contributed by atoms with Crippen LogP contribution in [0.2, 0.25) is 0 Å². The number of para-hydroxylation sites is 1. The van der Waals surface area contributed by atoms with Crippen LogP contribution in [0.1, 0.15) is 10.6 Å². The van der Waals surface area contributed by atoms with Gasteiger partial charge in [-0.15, -0.1) is 10.2 Å². The first-order valence-electron chi connectivity index (χ1n) is 8.17. The maximum Gasteiger partial charge on any atom is 0.295 e. The molecular weight excluding hydrogens is 344 g/mol. The highest BCUT2D eigenvalue weighted by Gasteiger charge is 2.14. The topological polar surface area (TPSA) is 103 Å². The number of amides is 1. The Balaban J connectivity index is 1.39. The minimum atomic E-state index is -0.403. The Kier molecular flexibility index (Phi) is 3.36. The minimum Gasteiger partial charge on any atom is -0.319 e. The lowest BCUT2D eigenvalue weighted by molar-refractivity contribution is 0.101. The van der Waals surface area contributed by atoms with Crippen LogP contribution in [0.15, 0.2) is 67.0 Å².